The Balaban J connectivity index is 1.39. The largest absolute Gasteiger partial charge is 0.379 e. The fourth-order valence-corrected chi connectivity index (χ4v) is 6.35. The van der Waals surface area contributed by atoms with Crippen LogP contribution in [0.2, 0.25) is 0 Å². The first-order valence-electron chi connectivity index (χ1n) is 12.4. The molecule has 0 spiro atoms. The number of amides is 1. The fourth-order valence-electron chi connectivity index (χ4n) is 4.97. The molecule has 2 aromatic rings. The number of fused-ring (bicyclic) bond motifs is 1. The smallest absolute Gasteiger partial charge is 0.267 e. The molecule has 1 N–H and O–H groups in total. The van der Waals surface area contributed by atoms with Crippen molar-refractivity contribution in [3.05, 3.63) is 45.2 Å². The topological polar surface area (TPSA) is 79.2 Å². The molecule has 3 fully saturated rings. The van der Waals surface area contributed by atoms with Gasteiger partial charge in [-0.3, -0.25) is 23.8 Å². The van der Waals surface area contributed by atoms with Crippen LogP contribution in [0.1, 0.15) is 44.1 Å². The molecule has 0 unspecified atom stereocenters. The average molecular weight is 514 g/mol. The van der Waals surface area contributed by atoms with Crippen molar-refractivity contribution in [2.24, 2.45) is 0 Å². The maximum Gasteiger partial charge on any atom is 0.267 e. The Morgan fingerprint density at radius 2 is 1.97 bits per heavy atom. The minimum atomic E-state index is -0.200. The minimum Gasteiger partial charge on any atom is -0.379 e. The second-order valence-electron chi connectivity index (χ2n) is 9.19. The third kappa shape index (κ3) is 5.45. The zero-order chi connectivity index (χ0) is 24.2. The molecule has 4 heterocycles. The van der Waals surface area contributed by atoms with Crippen LogP contribution in [0.5, 0.6) is 0 Å². The van der Waals surface area contributed by atoms with E-state index in [0.717, 1.165) is 65.0 Å². The van der Waals surface area contributed by atoms with Gasteiger partial charge in [-0.25, -0.2) is 4.98 Å². The number of carbonyl (C=O) groups is 1. The summed E-state index contributed by atoms with van der Waals surface area (Å²) in [6, 6.07) is 5.64. The first kappa shape index (κ1) is 24.4. The van der Waals surface area contributed by atoms with E-state index in [2.05, 4.69) is 10.2 Å². The van der Waals surface area contributed by atoms with Gasteiger partial charge in [-0.15, -0.1) is 0 Å². The number of pyridine rings is 1. The monoisotopic (exact) mass is 513 g/mol. The van der Waals surface area contributed by atoms with Crippen LogP contribution >= 0.6 is 24.0 Å². The zero-order valence-corrected chi connectivity index (χ0v) is 21.4. The highest BCUT2D eigenvalue weighted by atomic mass is 32.2. The van der Waals surface area contributed by atoms with Gasteiger partial charge < -0.3 is 10.1 Å². The number of rotatable bonds is 7. The van der Waals surface area contributed by atoms with Crippen LogP contribution in [0.3, 0.4) is 0 Å². The van der Waals surface area contributed by atoms with Gasteiger partial charge in [0.2, 0.25) is 0 Å². The van der Waals surface area contributed by atoms with Gasteiger partial charge in [0.05, 0.1) is 23.7 Å². The summed E-state index contributed by atoms with van der Waals surface area (Å²) in [5.74, 6) is 0.411. The van der Waals surface area contributed by atoms with E-state index in [-0.39, 0.29) is 17.5 Å². The van der Waals surface area contributed by atoms with Gasteiger partial charge in [0.25, 0.3) is 11.5 Å². The third-order valence-corrected chi connectivity index (χ3v) is 8.19. The number of hydrogen-bond acceptors (Lipinski definition) is 8. The van der Waals surface area contributed by atoms with Crippen molar-refractivity contribution in [1.29, 1.82) is 0 Å². The van der Waals surface area contributed by atoms with E-state index in [1.54, 1.807) is 23.2 Å². The molecule has 2 saturated heterocycles. The van der Waals surface area contributed by atoms with E-state index in [9.17, 15) is 9.59 Å². The molecule has 1 aliphatic carbocycles. The number of thiocarbonyl (C=S) groups is 1. The molecule has 8 nitrogen and oxygen atoms in total. The number of aromatic nitrogens is 2. The number of nitrogens with one attached hydrogen (secondary N) is 1. The molecule has 35 heavy (non-hydrogen) atoms. The highest BCUT2D eigenvalue weighted by Crippen LogP contribution is 2.37. The summed E-state index contributed by atoms with van der Waals surface area (Å²) in [5, 5.41) is 3.37. The summed E-state index contributed by atoms with van der Waals surface area (Å²) >= 11 is 6.87. The zero-order valence-electron chi connectivity index (χ0n) is 19.8. The van der Waals surface area contributed by atoms with Gasteiger partial charge in [0.1, 0.15) is 15.8 Å². The van der Waals surface area contributed by atoms with E-state index < -0.39 is 0 Å². The summed E-state index contributed by atoms with van der Waals surface area (Å²) in [4.78, 5) is 36.1. The lowest BCUT2D eigenvalue weighted by molar-refractivity contribution is -0.124. The first-order valence-corrected chi connectivity index (χ1v) is 13.7. The molecule has 186 valence electrons. The lowest BCUT2D eigenvalue weighted by Gasteiger charge is -2.29. The Bertz CT molecular complexity index is 1190. The summed E-state index contributed by atoms with van der Waals surface area (Å²) in [7, 11) is 0. The molecule has 0 bridgehead atoms. The van der Waals surface area contributed by atoms with Gasteiger partial charge in [-0.1, -0.05) is 49.3 Å². The van der Waals surface area contributed by atoms with Crippen molar-refractivity contribution in [3.63, 3.8) is 0 Å². The molecule has 0 atom stereocenters. The van der Waals surface area contributed by atoms with Crippen molar-refractivity contribution in [2.75, 3.05) is 44.7 Å². The van der Waals surface area contributed by atoms with Crippen molar-refractivity contribution < 1.29 is 9.53 Å². The lowest BCUT2D eigenvalue weighted by atomic mass is 9.94. The van der Waals surface area contributed by atoms with Crippen molar-refractivity contribution in [2.45, 2.75) is 44.6 Å². The van der Waals surface area contributed by atoms with Crippen molar-refractivity contribution in [3.8, 4) is 0 Å². The number of anilines is 1. The molecule has 3 aliphatic rings. The summed E-state index contributed by atoms with van der Waals surface area (Å²) in [6.07, 6.45) is 9.72. The molecule has 5 rings (SSSR count). The van der Waals surface area contributed by atoms with Crippen LogP contribution < -0.4 is 10.9 Å². The molecular weight excluding hydrogens is 482 g/mol. The number of morpholine rings is 1. The molecule has 1 amide bonds. The van der Waals surface area contributed by atoms with E-state index in [1.165, 1.54) is 22.6 Å². The number of carbonyl (C=O) groups excluding carboxylic acids is 1. The maximum atomic E-state index is 13.4. The molecule has 10 heteroatoms. The number of ether oxygens (including phenoxy) is 1. The van der Waals surface area contributed by atoms with Gasteiger partial charge >= 0.3 is 0 Å². The van der Waals surface area contributed by atoms with Gasteiger partial charge in [-0.05, 0) is 44.0 Å². The van der Waals surface area contributed by atoms with Crippen LogP contribution in [0.25, 0.3) is 11.7 Å². The van der Waals surface area contributed by atoms with Crippen LogP contribution in [0.15, 0.2) is 34.1 Å². The normalized spacial score (nSPS) is 21.4. The Morgan fingerprint density at radius 1 is 1.17 bits per heavy atom. The lowest BCUT2D eigenvalue weighted by Crippen LogP contribution is -2.39. The highest BCUT2D eigenvalue weighted by molar-refractivity contribution is 8.26. The van der Waals surface area contributed by atoms with E-state index in [1.807, 2.05) is 12.1 Å². The molecular formula is C25H31N5O3S2. The maximum absolute atomic E-state index is 13.4. The van der Waals surface area contributed by atoms with Crippen molar-refractivity contribution in [1.82, 2.24) is 19.2 Å². The van der Waals surface area contributed by atoms with E-state index in [4.69, 9.17) is 21.9 Å². The molecule has 2 aromatic heterocycles. The van der Waals surface area contributed by atoms with Gasteiger partial charge in [0, 0.05) is 31.9 Å². The van der Waals surface area contributed by atoms with Gasteiger partial charge in [-0.2, -0.15) is 0 Å². The second-order valence-corrected chi connectivity index (χ2v) is 10.9. The summed E-state index contributed by atoms with van der Waals surface area (Å²) in [6.45, 7) is 5.08. The Hall–Kier alpha value is -2.27. The highest BCUT2D eigenvalue weighted by Gasteiger charge is 2.37. The molecule has 2 aliphatic heterocycles. The van der Waals surface area contributed by atoms with Crippen LogP contribution in [0, 0.1) is 0 Å². The molecule has 1 saturated carbocycles. The van der Waals surface area contributed by atoms with Gasteiger partial charge in [0.15, 0.2) is 0 Å². The molecule has 0 radical (unpaired) electrons. The van der Waals surface area contributed by atoms with E-state index in [0.29, 0.717) is 32.8 Å². The number of thioether (sulfide) groups is 1. The third-order valence-electron chi connectivity index (χ3n) is 6.86. The Morgan fingerprint density at radius 3 is 2.77 bits per heavy atom. The average Bonchev–Trinajstić information content (AvgIpc) is 3.17. The van der Waals surface area contributed by atoms with Crippen LogP contribution in [-0.4, -0.2) is 74.8 Å². The fraction of sp³-hybridized carbons (Fsp3) is 0.520. The van der Waals surface area contributed by atoms with Crippen LogP contribution in [0.4, 0.5) is 5.82 Å². The molecule has 0 aromatic carbocycles. The standard InChI is InChI=1S/C25H31N5O3S2/c31-23-19(17-20-24(32)30(25(34)35-20)18-7-2-1-3-8-18)22(27-21-9-4-5-12-29(21)23)26-10-6-11-28-13-15-33-16-14-28/h4-5,9,12,17-18,26H,1-3,6-8,10-11,13-16H2/b20-17-. The quantitative estimate of drug-likeness (QED) is 0.343. The predicted octanol–water partition coefficient (Wildman–Crippen LogP) is 3.36. The van der Waals surface area contributed by atoms with Crippen LogP contribution in [-0.2, 0) is 9.53 Å². The Labute approximate surface area is 214 Å². The summed E-state index contributed by atoms with van der Waals surface area (Å²) in [5.41, 5.74) is 0.763. The number of hydrogen-bond donors (Lipinski definition) is 1. The van der Waals surface area contributed by atoms with E-state index >= 15 is 0 Å². The minimum absolute atomic E-state index is 0.0947. The predicted molar refractivity (Wildman–Crippen MR) is 144 cm³/mol. The second kappa shape index (κ2) is 11.2. The first-order chi connectivity index (χ1) is 17.1. The summed E-state index contributed by atoms with van der Waals surface area (Å²) < 4.78 is 7.52. The number of nitrogens with zero attached hydrogens (tertiary/aromatic N) is 4. The van der Waals surface area contributed by atoms with Crippen molar-refractivity contribution >= 4 is 51.7 Å². The Kier molecular flexibility index (Phi) is 7.81. The SMILES string of the molecule is O=C1/C(=C/c2c(NCCCN3CCOCC3)nc3ccccn3c2=O)SC(=S)N1C1CCCCC1.